The molecular formula is C9H19N3S. The van der Waals surface area contributed by atoms with Crippen molar-refractivity contribution in [3.05, 3.63) is 0 Å². The molecule has 1 heterocycles. The molecule has 0 radical (unpaired) electrons. The molecule has 0 unspecified atom stereocenters. The van der Waals surface area contributed by atoms with Gasteiger partial charge in [-0.3, -0.25) is 4.99 Å². The summed E-state index contributed by atoms with van der Waals surface area (Å²) in [6.07, 6.45) is 0. The highest BCUT2D eigenvalue weighted by atomic mass is 32.2. The highest BCUT2D eigenvalue weighted by molar-refractivity contribution is 8.13. The van der Waals surface area contributed by atoms with Gasteiger partial charge >= 0.3 is 0 Å². The molecule has 4 heteroatoms. The van der Waals surface area contributed by atoms with Crippen LogP contribution in [-0.4, -0.2) is 48.5 Å². The average molecular weight is 201 g/mol. The molecule has 76 valence electrons. The van der Waals surface area contributed by atoms with Gasteiger partial charge in [0.25, 0.3) is 0 Å². The number of thioether (sulfide) groups is 1. The van der Waals surface area contributed by atoms with Crippen LogP contribution in [0, 0.1) is 0 Å². The minimum absolute atomic E-state index is 0.952. The molecular weight excluding hydrogens is 182 g/mol. The van der Waals surface area contributed by atoms with E-state index < -0.39 is 0 Å². The van der Waals surface area contributed by atoms with E-state index in [1.165, 1.54) is 6.54 Å². The number of aliphatic imine (C=N–C) groups is 1. The minimum Gasteiger partial charge on any atom is -0.363 e. The van der Waals surface area contributed by atoms with E-state index in [4.69, 9.17) is 0 Å². The Labute approximate surface area is 85.0 Å². The third-order valence-electron chi connectivity index (χ3n) is 2.18. The van der Waals surface area contributed by atoms with Crippen molar-refractivity contribution in [1.29, 1.82) is 0 Å². The van der Waals surface area contributed by atoms with Gasteiger partial charge in [-0.25, -0.2) is 0 Å². The van der Waals surface area contributed by atoms with Gasteiger partial charge in [-0.1, -0.05) is 25.6 Å². The maximum absolute atomic E-state index is 4.33. The van der Waals surface area contributed by atoms with E-state index in [1.807, 2.05) is 11.8 Å². The van der Waals surface area contributed by atoms with Crippen molar-refractivity contribution >= 4 is 16.9 Å². The maximum atomic E-state index is 4.33. The van der Waals surface area contributed by atoms with Gasteiger partial charge in [-0.2, -0.15) is 0 Å². The molecule has 13 heavy (non-hydrogen) atoms. The lowest BCUT2D eigenvalue weighted by Crippen LogP contribution is -2.26. The fourth-order valence-electron chi connectivity index (χ4n) is 1.28. The van der Waals surface area contributed by atoms with Crippen molar-refractivity contribution in [3.63, 3.8) is 0 Å². The van der Waals surface area contributed by atoms with E-state index in [2.05, 4.69) is 29.1 Å². The molecule has 0 aliphatic carbocycles. The zero-order chi connectivity index (χ0) is 9.52. The number of rotatable bonds is 5. The Hall–Kier alpha value is -0.220. The van der Waals surface area contributed by atoms with Crippen molar-refractivity contribution in [1.82, 2.24) is 10.2 Å². The van der Waals surface area contributed by atoms with Gasteiger partial charge in [0.15, 0.2) is 5.17 Å². The van der Waals surface area contributed by atoms with Crippen molar-refractivity contribution in [2.45, 2.75) is 13.8 Å². The number of hydrogen-bond donors (Lipinski definition) is 1. The standard InChI is InChI=1S/C9H19N3S/c1-3-12(4-2)7-8-13-9-10-5-6-11-9/h3-8H2,1-2H3,(H,10,11). The van der Waals surface area contributed by atoms with Gasteiger partial charge in [0.05, 0.1) is 6.54 Å². The molecule has 0 fully saturated rings. The molecule has 0 aromatic carbocycles. The van der Waals surface area contributed by atoms with Crippen LogP contribution in [0.3, 0.4) is 0 Å². The second kappa shape index (κ2) is 6.27. The zero-order valence-corrected chi connectivity index (χ0v) is 9.36. The van der Waals surface area contributed by atoms with Crippen LogP contribution in [0.2, 0.25) is 0 Å². The fraction of sp³-hybridized carbons (Fsp3) is 0.889. The third-order valence-corrected chi connectivity index (χ3v) is 3.12. The van der Waals surface area contributed by atoms with Crippen molar-refractivity contribution in [3.8, 4) is 0 Å². The quantitative estimate of drug-likeness (QED) is 0.720. The van der Waals surface area contributed by atoms with Crippen LogP contribution in [0.15, 0.2) is 4.99 Å². The van der Waals surface area contributed by atoms with Gasteiger partial charge in [0.2, 0.25) is 0 Å². The summed E-state index contributed by atoms with van der Waals surface area (Å²) >= 11 is 1.84. The van der Waals surface area contributed by atoms with Crippen molar-refractivity contribution in [2.75, 3.05) is 38.5 Å². The van der Waals surface area contributed by atoms with Crippen LogP contribution in [0.5, 0.6) is 0 Å². The Morgan fingerprint density at radius 2 is 2.23 bits per heavy atom. The molecule has 0 bridgehead atoms. The number of nitrogens with one attached hydrogen (secondary N) is 1. The first-order valence-electron chi connectivity index (χ1n) is 5.00. The van der Waals surface area contributed by atoms with Crippen molar-refractivity contribution in [2.24, 2.45) is 4.99 Å². The van der Waals surface area contributed by atoms with E-state index in [0.29, 0.717) is 0 Å². The SMILES string of the molecule is CCN(CC)CCSC1=NCCN1. The van der Waals surface area contributed by atoms with E-state index in [9.17, 15) is 0 Å². The van der Waals surface area contributed by atoms with Gasteiger partial charge in [-0.05, 0) is 13.1 Å². The van der Waals surface area contributed by atoms with Crippen molar-refractivity contribution < 1.29 is 0 Å². The molecule has 0 saturated carbocycles. The average Bonchev–Trinajstić information content (AvgIpc) is 2.65. The Morgan fingerprint density at radius 1 is 1.46 bits per heavy atom. The second-order valence-corrected chi connectivity index (χ2v) is 4.07. The Kier molecular flexibility index (Phi) is 5.23. The lowest BCUT2D eigenvalue weighted by molar-refractivity contribution is 0.324. The molecule has 0 atom stereocenters. The summed E-state index contributed by atoms with van der Waals surface area (Å²) in [5.41, 5.74) is 0. The Morgan fingerprint density at radius 3 is 2.77 bits per heavy atom. The Balaban J connectivity index is 2.05. The summed E-state index contributed by atoms with van der Waals surface area (Å²) in [6, 6.07) is 0. The van der Waals surface area contributed by atoms with Crippen LogP contribution in [0.4, 0.5) is 0 Å². The second-order valence-electron chi connectivity index (χ2n) is 2.99. The number of nitrogens with zero attached hydrogens (tertiary/aromatic N) is 2. The molecule has 3 nitrogen and oxygen atoms in total. The molecule has 0 aromatic heterocycles. The predicted octanol–water partition coefficient (Wildman–Crippen LogP) is 1.02. The molecule has 0 saturated heterocycles. The highest BCUT2D eigenvalue weighted by Gasteiger charge is 2.05. The van der Waals surface area contributed by atoms with Crippen LogP contribution in [0.25, 0.3) is 0 Å². The van der Waals surface area contributed by atoms with Crippen LogP contribution in [-0.2, 0) is 0 Å². The van der Waals surface area contributed by atoms with Crippen LogP contribution < -0.4 is 5.32 Å². The zero-order valence-electron chi connectivity index (χ0n) is 8.55. The summed E-state index contributed by atoms with van der Waals surface area (Å²) in [7, 11) is 0. The molecule has 0 amide bonds. The normalized spacial score (nSPS) is 16.1. The van der Waals surface area contributed by atoms with E-state index >= 15 is 0 Å². The number of amidine groups is 1. The molecule has 0 spiro atoms. The summed E-state index contributed by atoms with van der Waals surface area (Å²) in [5.74, 6) is 1.15. The molecule has 1 aliphatic rings. The lowest BCUT2D eigenvalue weighted by atomic mass is 10.5. The monoisotopic (exact) mass is 201 g/mol. The summed E-state index contributed by atoms with van der Waals surface area (Å²) < 4.78 is 0. The van der Waals surface area contributed by atoms with E-state index in [1.54, 1.807) is 0 Å². The first-order valence-corrected chi connectivity index (χ1v) is 5.98. The highest BCUT2D eigenvalue weighted by Crippen LogP contribution is 2.05. The predicted molar refractivity (Wildman–Crippen MR) is 60.6 cm³/mol. The molecule has 1 rings (SSSR count). The minimum atomic E-state index is 0.952. The summed E-state index contributed by atoms with van der Waals surface area (Å²) in [5, 5.41) is 4.39. The molecule has 1 N–H and O–H groups in total. The molecule has 0 aromatic rings. The van der Waals surface area contributed by atoms with E-state index in [0.717, 1.165) is 37.1 Å². The first-order chi connectivity index (χ1) is 6.36. The van der Waals surface area contributed by atoms with Crippen LogP contribution >= 0.6 is 11.8 Å². The van der Waals surface area contributed by atoms with Gasteiger partial charge in [0, 0.05) is 18.8 Å². The van der Waals surface area contributed by atoms with Crippen LogP contribution in [0.1, 0.15) is 13.8 Å². The smallest absolute Gasteiger partial charge is 0.156 e. The largest absolute Gasteiger partial charge is 0.363 e. The Bertz CT molecular complexity index is 166. The maximum Gasteiger partial charge on any atom is 0.156 e. The molecule has 1 aliphatic heterocycles. The summed E-state index contributed by atoms with van der Waals surface area (Å²) in [6.45, 7) is 9.85. The topological polar surface area (TPSA) is 27.6 Å². The first kappa shape index (κ1) is 10.9. The number of hydrogen-bond acceptors (Lipinski definition) is 4. The van der Waals surface area contributed by atoms with Gasteiger partial charge < -0.3 is 10.2 Å². The summed E-state index contributed by atoms with van der Waals surface area (Å²) in [4.78, 5) is 6.77. The van der Waals surface area contributed by atoms with Gasteiger partial charge in [0.1, 0.15) is 0 Å². The van der Waals surface area contributed by atoms with Gasteiger partial charge in [-0.15, -0.1) is 0 Å². The fourth-order valence-corrected chi connectivity index (χ4v) is 2.21. The lowest BCUT2D eigenvalue weighted by Gasteiger charge is -2.17. The van der Waals surface area contributed by atoms with E-state index in [-0.39, 0.29) is 0 Å². The third kappa shape index (κ3) is 4.00.